The number of carboxylic acid groups (broad SMARTS) is 2. The molecule has 0 aliphatic heterocycles. The van der Waals surface area contributed by atoms with Gasteiger partial charge in [-0.25, -0.2) is 4.79 Å². The molecule has 0 bridgehead atoms. The molecule has 0 unspecified atom stereocenters. The molecule has 0 spiro atoms. The smallest absolute Gasteiger partial charge is 0.330 e. The van der Waals surface area contributed by atoms with E-state index in [1.165, 1.54) is 103 Å². The first kappa shape index (κ1) is 34.7. The third-order valence-corrected chi connectivity index (χ3v) is 5.02. The molecule has 0 rings (SSSR count). The van der Waals surface area contributed by atoms with Gasteiger partial charge in [0.25, 0.3) is 0 Å². The van der Waals surface area contributed by atoms with Crippen molar-refractivity contribution in [1.29, 1.82) is 0 Å². The van der Waals surface area contributed by atoms with Crippen LogP contribution >= 0.6 is 0 Å². The average molecular weight is 490 g/mol. The summed E-state index contributed by atoms with van der Waals surface area (Å²) in [5, 5.41) is 16.4. The van der Waals surface area contributed by atoms with Crippen molar-refractivity contribution >= 4 is 11.9 Å². The molecule has 0 fully saturated rings. The Hall–Kier alpha value is -0.957. The molecule has 0 aromatic carbocycles. The molecule has 0 atom stereocenters. The molecular formula is C26H48O4Zn. The molecule has 0 heterocycles. The Morgan fingerprint density at radius 1 is 0.677 bits per heavy atom. The van der Waals surface area contributed by atoms with Crippen molar-refractivity contribution in [2.24, 2.45) is 0 Å². The van der Waals surface area contributed by atoms with Crippen LogP contribution in [-0.2, 0) is 29.1 Å². The molecule has 5 heteroatoms. The van der Waals surface area contributed by atoms with Crippen molar-refractivity contribution in [3.05, 3.63) is 24.3 Å². The first-order chi connectivity index (χ1) is 14.4. The van der Waals surface area contributed by atoms with Gasteiger partial charge in [0.15, 0.2) is 0 Å². The van der Waals surface area contributed by atoms with Crippen LogP contribution in [0.4, 0.5) is 0 Å². The van der Waals surface area contributed by atoms with Crippen LogP contribution < -0.4 is 0 Å². The maximum Gasteiger partial charge on any atom is 0.330 e. The minimum absolute atomic E-state index is 0. The Morgan fingerprint density at radius 3 is 1.32 bits per heavy atom. The molecular weight excluding hydrogens is 442 g/mol. The summed E-state index contributed by atoms with van der Waals surface area (Å²) >= 11 is 0. The number of carbonyl (C=O) groups is 2. The molecule has 4 nitrogen and oxygen atoms in total. The Morgan fingerprint density at radius 2 is 1.00 bits per heavy atom. The molecule has 0 aromatic heterocycles. The van der Waals surface area contributed by atoms with Crippen LogP contribution in [0.25, 0.3) is 0 Å². The van der Waals surface area contributed by atoms with E-state index in [2.05, 4.69) is 25.7 Å². The minimum atomic E-state index is -0.935. The van der Waals surface area contributed by atoms with E-state index in [0.29, 0.717) is 6.42 Å². The third-order valence-electron chi connectivity index (χ3n) is 5.02. The Balaban J connectivity index is -0.000000976. The number of allylic oxidation sites excluding steroid dienone is 2. The second-order valence-electron chi connectivity index (χ2n) is 8.23. The fourth-order valence-electron chi connectivity index (χ4n) is 3.05. The van der Waals surface area contributed by atoms with Crippen molar-refractivity contribution in [1.82, 2.24) is 0 Å². The molecule has 2 N–H and O–H groups in total. The number of hydrogen-bond acceptors (Lipinski definition) is 2. The van der Waals surface area contributed by atoms with Gasteiger partial charge in [-0.1, -0.05) is 103 Å². The van der Waals surface area contributed by atoms with E-state index in [1.807, 2.05) is 0 Å². The van der Waals surface area contributed by atoms with Crippen LogP contribution in [0.15, 0.2) is 24.3 Å². The van der Waals surface area contributed by atoms with Crippen LogP contribution in [0.3, 0.4) is 0 Å². The van der Waals surface area contributed by atoms with E-state index in [0.717, 1.165) is 12.8 Å². The van der Waals surface area contributed by atoms with E-state index >= 15 is 0 Å². The summed E-state index contributed by atoms with van der Waals surface area (Å²) in [5.41, 5.74) is 0.176. The molecule has 0 saturated carbocycles. The number of carboxylic acids is 2. The summed E-state index contributed by atoms with van der Waals surface area (Å²) in [4.78, 5) is 20.0. The van der Waals surface area contributed by atoms with Crippen molar-refractivity contribution in [2.45, 2.75) is 129 Å². The van der Waals surface area contributed by atoms with Crippen molar-refractivity contribution < 1.29 is 39.3 Å². The summed E-state index contributed by atoms with van der Waals surface area (Å²) in [6.07, 6.45) is 27.1. The summed E-state index contributed by atoms with van der Waals surface area (Å²) in [6, 6.07) is 0. The topological polar surface area (TPSA) is 74.6 Å². The van der Waals surface area contributed by atoms with Crippen LogP contribution in [0.5, 0.6) is 0 Å². The zero-order valence-electron chi connectivity index (χ0n) is 20.5. The fraction of sp³-hybridized carbons (Fsp3) is 0.769. The zero-order chi connectivity index (χ0) is 22.9. The maximum atomic E-state index is 10.4. The molecule has 0 amide bonds. The number of rotatable bonds is 20. The van der Waals surface area contributed by atoms with Crippen molar-refractivity contribution in [2.75, 3.05) is 0 Å². The first-order valence-electron chi connectivity index (χ1n) is 12.2. The maximum absolute atomic E-state index is 10.4. The van der Waals surface area contributed by atoms with Crippen LogP contribution in [0.2, 0.25) is 0 Å². The predicted molar refractivity (Wildman–Crippen MR) is 128 cm³/mol. The molecule has 0 aliphatic rings. The van der Waals surface area contributed by atoms with Gasteiger partial charge >= 0.3 is 11.9 Å². The second kappa shape index (κ2) is 29.0. The summed E-state index contributed by atoms with van der Waals surface area (Å²) < 4.78 is 0. The average Bonchev–Trinajstić information content (AvgIpc) is 2.70. The van der Waals surface area contributed by atoms with Gasteiger partial charge in [-0.05, 0) is 39.0 Å². The largest absolute Gasteiger partial charge is 0.481 e. The molecule has 0 aliphatic carbocycles. The minimum Gasteiger partial charge on any atom is -0.481 e. The van der Waals surface area contributed by atoms with Crippen molar-refractivity contribution in [3.8, 4) is 0 Å². The fourth-order valence-corrected chi connectivity index (χ4v) is 3.05. The van der Waals surface area contributed by atoms with Gasteiger partial charge in [0.05, 0.1) is 0 Å². The van der Waals surface area contributed by atoms with Gasteiger partial charge in [-0.3, -0.25) is 4.79 Å². The zero-order valence-corrected chi connectivity index (χ0v) is 23.5. The van der Waals surface area contributed by atoms with Crippen molar-refractivity contribution in [3.63, 3.8) is 0 Å². The number of aliphatic carboxylic acids is 2. The second-order valence-corrected chi connectivity index (χ2v) is 8.23. The van der Waals surface area contributed by atoms with Gasteiger partial charge < -0.3 is 10.2 Å². The number of hydrogen-bond donors (Lipinski definition) is 2. The SMILES string of the molecule is C=C(C)C(=O)O.CCCCCCCC/C=C\CCCCCCCCCCCC(=O)O.[Zn]. The van der Waals surface area contributed by atoms with Gasteiger partial charge in [-0.2, -0.15) is 0 Å². The van der Waals surface area contributed by atoms with E-state index in [9.17, 15) is 9.59 Å². The quantitative estimate of drug-likeness (QED) is 0.0780. The van der Waals surface area contributed by atoms with Crippen LogP contribution in [-0.4, -0.2) is 22.2 Å². The Bertz CT molecular complexity index is 435. The van der Waals surface area contributed by atoms with Crippen LogP contribution in [0.1, 0.15) is 129 Å². The molecule has 0 radical (unpaired) electrons. The standard InChI is InChI=1S/C22H42O2.C4H6O2.Zn/c1-2-3-4-5-6-7-8-9-10-11-12-13-14-15-16-17-18-19-20-21-22(23)24;1-3(2)4(5)6;/h9-10H,2-8,11-21H2,1H3,(H,23,24);1H2,2H3,(H,5,6);/b10-9-;;. The van der Waals surface area contributed by atoms with E-state index in [4.69, 9.17) is 10.2 Å². The molecule has 31 heavy (non-hydrogen) atoms. The van der Waals surface area contributed by atoms with Gasteiger partial charge in [-0.15, -0.1) is 0 Å². The predicted octanol–water partition coefficient (Wildman–Crippen LogP) is 8.31. The Labute approximate surface area is 204 Å². The van der Waals surface area contributed by atoms with Gasteiger partial charge in [0, 0.05) is 31.5 Å². The molecule has 0 saturated heterocycles. The first-order valence-corrected chi connectivity index (χ1v) is 12.2. The Kier molecular flexibility index (Phi) is 32.5. The molecule has 0 aromatic rings. The van der Waals surface area contributed by atoms with E-state index in [-0.39, 0.29) is 25.1 Å². The monoisotopic (exact) mass is 488 g/mol. The summed E-state index contributed by atoms with van der Waals surface area (Å²) in [5.74, 6) is -1.59. The van der Waals surface area contributed by atoms with Crippen LogP contribution in [0, 0.1) is 0 Å². The van der Waals surface area contributed by atoms with E-state index in [1.54, 1.807) is 0 Å². The normalized spacial score (nSPS) is 10.3. The summed E-state index contributed by atoms with van der Waals surface area (Å²) in [7, 11) is 0. The number of unbranched alkanes of at least 4 members (excludes halogenated alkanes) is 15. The molecule has 178 valence electrons. The summed E-state index contributed by atoms with van der Waals surface area (Å²) in [6.45, 7) is 6.87. The van der Waals surface area contributed by atoms with Gasteiger partial charge in [0.2, 0.25) is 0 Å². The van der Waals surface area contributed by atoms with Gasteiger partial charge in [0.1, 0.15) is 0 Å². The third kappa shape index (κ3) is 36.7. The van der Waals surface area contributed by atoms with E-state index < -0.39 is 11.9 Å².